The van der Waals surface area contributed by atoms with E-state index >= 15 is 0 Å². The molecule has 0 N–H and O–H groups in total. The smallest absolute Gasteiger partial charge is 0.0421 e. The Balaban J connectivity index is 1.69. The molecule has 0 saturated heterocycles. The Morgan fingerprint density at radius 1 is 0.708 bits per heavy atom. The van der Waals surface area contributed by atoms with Crippen LogP contribution in [0.25, 0.3) is 0 Å². The maximum Gasteiger partial charge on any atom is 0.0421 e. The Morgan fingerprint density at radius 3 is 1.71 bits per heavy atom. The number of benzene rings is 1. The van der Waals surface area contributed by atoms with Gasteiger partial charge in [0.05, 0.1) is 0 Å². The monoisotopic (exact) mass is 381 g/mol. The minimum absolute atomic E-state index is 0.930. The summed E-state index contributed by atoms with van der Waals surface area (Å²) in [4.78, 5) is 11.3. The normalized spacial score (nSPS) is 10.5. The maximum absolute atomic E-state index is 4.43. The van der Waals surface area contributed by atoms with Crippen molar-refractivity contribution in [2.75, 3.05) is 18.0 Å². The Hall–Kier alpha value is -2.20. The molecule has 0 saturated carbocycles. The SMILES string of the molecule is Brc1ccc(N(CCc2ccccn2)CCc2ccccn2)cc1. The van der Waals surface area contributed by atoms with Crippen LogP contribution in [-0.4, -0.2) is 23.1 Å². The molecule has 0 aliphatic carbocycles. The van der Waals surface area contributed by atoms with Gasteiger partial charge in [-0.05, 0) is 48.5 Å². The van der Waals surface area contributed by atoms with E-state index in [2.05, 4.69) is 67.2 Å². The lowest BCUT2D eigenvalue weighted by atomic mass is 10.2. The molecule has 2 heterocycles. The van der Waals surface area contributed by atoms with Crippen molar-refractivity contribution in [3.05, 3.63) is 88.9 Å². The third-order valence-corrected chi connectivity index (χ3v) is 4.45. The van der Waals surface area contributed by atoms with Crippen molar-refractivity contribution in [2.24, 2.45) is 0 Å². The number of rotatable bonds is 7. The van der Waals surface area contributed by atoms with E-state index < -0.39 is 0 Å². The number of halogens is 1. The highest BCUT2D eigenvalue weighted by atomic mass is 79.9. The van der Waals surface area contributed by atoms with Gasteiger partial charge in [0, 0.05) is 59.9 Å². The van der Waals surface area contributed by atoms with Gasteiger partial charge in [-0.15, -0.1) is 0 Å². The van der Waals surface area contributed by atoms with E-state index in [0.717, 1.165) is 41.8 Å². The molecule has 0 unspecified atom stereocenters. The standard InChI is InChI=1S/C20H20BrN3/c21-17-7-9-20(10-8-17)24(15-11-18-5-1-3-13-22-18)16-12-19-6-2-4-14-23-19/h1-10,13-14H,11-12,15-16H2. The van der Waals surface area contributed by atoms with Gasteiger partial charge in [0.2, 0.25) is 0 Å². The van der Waals surface area contributed by atoms with Crippen LogP contribution in [-0.2, 0) is 12.8 Å². The third-order valence-electron chi connectivity index (χ3n) is 3.92. The summed E-state index contributed by atoms with van der Waals surface area (Å²) in [6.45, 7) is 1.87. The Labute approximate surface area is 151 Å². The summed E-state index contributed by atoms with van der Waals surface area (Å²) in [7, 11) is 0. The molecule has 4 heteroatoms. The molecular weight excluding hydrogens is 362 g/mol. The predicted molar refractivity (Wildman–Crippen MR) is 102 cm³/mol. The van der Waals surface area contributed by atoms with Crippen molar-refractivity contribution < 1.29 is 0 Å². The van der Waals surface area contributed by atoms with Crippen LogP contribution < -0.4 is 4.90 Å². The van der Waals surface area contributed by atoms with E-state index in [1.54, 1.807) is 0 Å². The molecule has 1 aromatic carbocycles. The minimum atomic E-state index is 0.930. The zero-order valence-corrected chi connectivity index (χ0v) is 15.1. The first-order valence-corrected chi connectivity index (χ1v) is 8.91. The third kappa shape index (κ3) is 4.90. The second kappa shape index (κ2) is 8.60. The predicted octanol–water partition coefficient (Wildman–Crippen LogP) is 4.53. The summed E-state index contributed by atoms with van der Waals surface area (Å²) in [6.07, 6.45) is 5.57. The molecule has 0 spiro atoms. The first kappa shape index (κ1) is 16.7. The van der Waals surface area contributed by atoms with Crippen molar-refractivity contribution >= 4 is 21.6 Å². The van der Waals surface area contributed by atoms with E-state index in [1.807, 2.05) is 36.7 Å². The summed E-state index contributed by atoms with van der Waals surface area (Å²) >= 11 is 3.51. The molecule has 0 aliphatic heterocycles. The Kier molecular flexibility index (Phi) is 5.96. The van der Waals surface area contributed by atoms with Crippen LogP contribution in [0, 0.1) is 0 Å². The average Bonchev–Trinajstić information content (AvgIpc) is 2.64. The molecule has 0 bridgehead atoms. The lowest BCUT2D eigenvalue weighted by Crippen LogP contribution is -2.28. The van der Waals surface area contributed by atoms with Crippen LogP contribution in [0.15, 0.2) is 77.5 Å². The largest absolute Gasteiger partial charge is 0.371 e. The van der Waals surface area contributed by atoms with Crippen molar-refractivity contribution in [1.82, 2.24) is 9.97 Å². The molecular formula is C20H20BrN3. The van der Waals surface area contributed by atoms with E-state index in [1.165, 1.54) is 5.69 Å². The van der Waals surface area contributed by atoms with Gasteiger partial charge in [-0.1, -0.05) is 28.1 Å². The summed E-state index contributed by atoms with van der Waals surface area (Å²) in [5, 5.41) is 0. The highest BCUT2D eigenvalue weighted by Crippen LogP contribution is 2.19. The molecule has 2 aromatic heterocycles. The summed E-state index contributed by atoms with van der Waals surface area (Å²) in [5.41, 5.74) is 3.47. The van der Waals surface area contributed by atoms with E-state index in [9.17, 15) is 0 Å². The fraction of sp³-hybridized carbons (Fsp3) is 0.200. The van der Waals surface area contributed by atoms with E-state index in [-0.39, 0.29) is 0 Å². The van der Waals surface area contributed by atoms with Crippen LogP contribution in [0.4, 0.5) is 5.69 Å². The quantitative estimate of drug-likeness (QED) is 0.601. The zero-order chi connectivity index (χ0) is 16.6. The van der Waals surface area contributed by atoms with Crippen LogP contribution in [0.2, 0.25) is 0 Å². The fourth-order valence-corrected chi connectivity index (χ4v) is 2.88. The van der Waals surface area contributed by atoms with Crippen LogP contribution in [0.1, 0.15) is 11.4 Å². The average molecular weight is 382 g/mol. The summed E-state index contributed by atoms with van der Waals surface area (Å²) < 4.78 is 1.10. The Morgan fingerprint density at radius 2 is 1.25 bits per heavy atom. The van der Waals surface area contributed by atoms with Crippen molar-refractivity contribution in [1.29, 1.82) is 0 Å². The lowest BCUT2D eigenvalue weighted by Gasteiger charge is -2.25. The number of hydrogen-bond acceptors (Lipinski definition) is 3. The van der Waals surface area contributed by atoms with Crippen LogP contribution >= 0.6 is 15.9 Å². The number of hydrogen-bond donors (Lipinski definition) is 0. The number of nitrogens with zero attached hydrogens (tertiary/aromatic N) is 3. The van der Waals surface area contributed by atoms with Gasteiger partial charge in [0.1, 0.15) is 0 Å². The Bertz CT molecular complexity index is 686. The highest BCUT2D eigenvalue weighted by Gasteiger charge is 2.08. The molecule has 0 fully saturated rings. The van der Waals surface area contributed by atoms with Crippen LogP contribution in [0.3, 0.4) is 0 Å². The van der Waals surface area contributed by atoms with Gasteiger partial charge in [0.15, 0.2) is 0 Å². The fourth-order valence-electron chi connectivity index (χ4n) is 2.61. The van der Waals surface area contributed by atoms with E-state index in [0.29, 0.717) is 0 Å². The van der Waals surface area contributed by atoms with Crippen LogP contribution in [0.5, 0.6) is 0 Å². The zero-order valence-electron chi connectivity index (χ0n) is 13.5. The van der Waals surface area contributed by atoms with Crippen molar-refractivity contribution in [3.63, 3.8) is 0 Å². The van der Waals surface area contributed by atoms with Gasteiger partial charge < -0.3 is 4.90 Å². The minimum Gasteiger partial charge on any atom is -0.371 e. The molecule has 0 radical (unpaired) electrons. The molecule has 0 atom stereocenters. The second-order valence-electron chi connectivity index (χ2n) is 5.61. The van der Waals surface area contributed by atoms with Crippen molar-refractivity contribution in [2.45, 2.75) is 12.8 Å². The van der Waals surface area contributed by atoms with Gasteiger partial charge in [-0.25, -0.2) is 0 Å². The van der Waals surface area contributed by atoms with Gasteiger partial charge in [0.25, 0.3) is 0 Å². The topological polar surface area (TPSA) is 29.0 Å². The van der Waals surface area contributed by atoms with Crippen molar-refractivity contribution in [3.8, 4) is 0 Å². The molecule has 0 aliphatic rings. The molecule has 3 rings (SSSR count). The second-order valence-corrected chi connectivity index (χ2v) is 6.52. The molecule has 3 aromatic rings. The highest BCUT2D eigenvalue weighted by molar-refractivity contribution is 9.10. The number of pyridine rings is 2. The summed E-state index contributed by atoms with van der Waals surface area (Å²) in [6, 6.07) is 20.6. The first-order chi connectivity index (χ1) is 11.8. The van der Waals surface area contributed by atoms with Gasteiger partial charge in [-0.2, -0.15) is 0 Å². The molecule has 3 nitrogen and oxygen atoms in total. The van der Waals surface area contributed by atoms with Gasteiger partial charge >= 0.3 is 0 Å². The summed E-state index contributed by atoms with van der Waals surface area (Å²) in [5.74, 6) is 0. The number of aromatic nitrogens is 2. The molecule has 122 valence electrons. The molecule has 0 amide bonds. The lowest BCUT2D eigenvalue weighted by molar-refractivity contribution is 0.751. The first-order valence-electron chi connectivity index (χ1n) is 8.11. The number of anilines is 1. The maximum atomic E-state index is 4.43. The molecule has 24 heavy (non-hydrogen) atoms. The van der Waals surface area contributed by atoms with Gasteiger partial charge in [-0.3, -0.25) is 9.97 Å². The van der Waals surface area contributed by atoms with E-state index in [4.69, 9.17) is 0 Å².